The van der Waals surface area contributed by atoms with E-state index >= 15 is 0 Å². The largest absolute Gasteiger partial charge is 0.393 e. The molecule has 5 heteroatoms. The lowest BCUT2D eigenvalue weighted by Gasteiger charge is -2.13. The number of aryl methyl sites for hydroxylation is 1. The first-order valence-electron chi connectivity index (χ1n) is 9.05. The number of rotatable bonds is 11. The molecule has 4 N–H and O–H groups in total. The number of nitrogens with zero attached hydrogens (tertiary/aromatic N) is 1. The summed E-state index contributed by atoms with van der Waals surface area (Å²) in [6.45, 7) is 12.1. The number of nitrogens with one attached hydrogen (secondary N) is 1. The molecule has 1 rings (SSSR count). The Balaban J connectivity index is 3.23. The average molecular weight is 372 g/mol. The Morgan fingerprint density at radius 2 is 2.15 bits per heavy atom. The molecule has 0 spiro atoms. The molecule has 0 saturated carbocycles. The van der Waals surface area contributed by atoms with Crippen molar-refractivity contribution >= 4 is 11.8 Å². The Kier molecular flexibility index (Phi) is 9.83. The first-order valence-corrected chi connectivity index (χ1v) is 9.05. The van der Waals surface area contributed by atoms with Crippen LogP contribution in [0.3, 0.4) is 0 Å². The van der Waals surface area contributed by atoms with Gasteiger partial charge in [0.2, 0.25) is 0 Å². The van der Waals surface area contributed by atoms with Crippen LogP contribution in [0.2, 0.25) is 0 Å². The van der Waals surface area contributed by atoms with Gasteiger partial charge in [0.25, 0.3) is 0 Å². The Morgan fingerprint density at radius 1 is 1.41 bits per heavy atom. The van der Waals surface area contributed by atoms with E-state index in [-0.39, 0.29) is 11.9 Å². The van der Waals surface area contributed by atoms with Crippen LogP contribution in [0.5, 0.6) is 0 Å². The summed E-state index contributed by atoms with van der Waals surface area (Å²) in [5.74, 6) is 4.98. The smallest absolute Gasteiger partial charge is 0.131 e. The first kappa shape index (κ1) is 22.4. The number of aliphatic hydroxyl groups excluding tert-OH is 1. The van der Waals surface area contributed by atoms with Crippen molar-refractivity contribution in [3.63, 3.8) is 0 Å². The minimum Gasteiger partial charge on any atom is -0.393 e. The van der Waals surface area contributed by atoms with Crippen molar-refractivity contribution in [1.29, 1.82) is 0 Å². The second-order valence-corrected chi connectivity index (χ2v) is 6.32. The minimum absolute atomic E-state index is 0.311. The van der Waals surface area contributed by atoms with Crippen molar-refractivity contribution in [1.82, 2.24) is 5.32 Å². The fraction of sp³-hybridized carbons (Fsp3) is 0.318. The predicted octanol–water partition coefficient (Wildman–Crippen LogP) is 4.23. The molecule has 0 bridgehead atoms. The van der Waals surface area contributed by atoms with Gasteiger partial charge in [0, 0.05) is 17.8 Å². The number of hydrogen-bond donors (Lipinski definition) is 3. The van der Waals surface area contributed by atoms with Crippen LogP contribution in [-0.4, -0.2) is 24.0 Å². The lowest BCUT2D eigenvalue weighted by atomic mass is 9.96. The standard InChI is InChI=1S/C22H30FN3O/c1-5-8-18(15-26-24)14-19(22-16(3)9-7-10-21(22)23)13-17(4)25-12-11-20(27)6-2/h5,7,9-10,13-15,20,25,27H,1,4,6,8,11-12,24H2,2-3H3/b18-14+,19-13+,26-15-. The summed E-state index contributed by atoms with van der Waals surface area (Å²) in [6.07, 6.45) is 8.41. The molecule has 0 saturated heterocycles. The molecule has 0 aliphatic heterocycles. The molecular weight excluding hydrogens is 341 g/mol. The van der Waals surface area contributed by atoms with Crippen molar-refractivity contribution in [3.05, 3.63) is 77.8 Å². The van der Waals surface area contributed by atoms with Crippen LogP contribution in [0.15, 0.2) is 66.0 Å². The van der Waals surface area contributed by atoms with Crippen molar-refractivity contribution in [2.75, 3.05) is 6.54 Å². The number of aliphatic hydroxyl groups is 1. The quantitative estimate of drug-likeness (QED) is 0.179. The monoisotopic (exact) mass is 371 g/mol. The van der Waals surface area contributed by atoms with Gasteiger partial charge in [-0.2, -0.15) is 5.10 Å². The van der Waals surface area contributed by atoms with Crippen molar-refractivity contribution in [2.24, 2.45) is 10.9 Å². The number of benzene rings is 1. The Bertz CT molecular complexity index is 715. The van der Waals surface area contributed by atoms with E-state index in [2.05, 4.69) is 23.6 Å². The summed E-state index contributed by atoms with van der Waals surface area (Å²) in [5.41, 5.74) is 3.41. The van der Waals surface area contributed by atoms with Gasteiger partial charge in [-0.25, -0.2) is 4.39 Å². The second-order valence-electron chi connectivity index (χ2n) is 6.32. The maximum atomic E-state index is 14.5. The van der Waals surface area contributed by atoms with Crippen LogP contribution in [0.4, 0.5) is 4.39 Å². The zero-order chi connectivity index (χ0) is 20.2. The first-order chi connectivity index (χ1) is 12.9. The summed E-state index contributed by atoms with van der Waals surface area (Å²) < 4.78 is 14.5. The van der Waals surface area contributed by atoms with E-state index in [0.29, 0.717) is 42.6 Å². The molecule has 27 heavy (non-hydrogen) atoms. The highest BCUT2D eigenvalue weighted by atomic mass is 19.1. The molecule has 0 aliphatic carbocycles. The number of halogens is 1. The molecule has 0 radical (unpaired) electrons. The molecule has 1 atom stereocenters. The highest BCUT2D eigenvalue weighted by Gasteiger charge is 2.11. The number of allylic oxidation sites excluding steroid dienone is 5. The third-order valence-corrected chi connectivity index (χ3v) is 4.10. The molecule has 4 nitrogen and oxygen atoms in total. The molecule has 0 fully saturated rings. The number of nitrogens with two attached hydrogens (primary N) is 1. The molecule has 0 aromatic heterocycles. The molecular formula is C22H30FN3O. The van der Waals surface area contributed by atoms with Gasteiger partial charge >= 0.3 is 0 Å². The van der Waals surface area contributed by atoms with Crippen LogP contribution >= 0.6 is 0 Å². The SMILES string of the molecule is C=CCC(/C=N\N)=C\C(=C/C(=C)NCCC(O)CC)c1c(C)cccc1F. The average Bonchev–Trinajstić information content (AvgIpc) is 2.61. The normalized spacial score (nSPS) is 13.6. The Morgan fingerprint density at radius 3 is 2.74 bits per heavy atom. The highest BCUT2D eigenvalue weighted by Crippen LogP contribution is 2.26. The number of hydrazone groups is 1. The molecule has 1 aromatic carbocycles. The topological polar surface area (TPSA) is 70.6 Å². The van der Waals surface area contributed by atoms with Gasteiger partial charge < -0.3 is 16.3 Å². The maximum absolute atomic E-state index is 14.5. The second kappa shape index (κ2) is 11.9. The molecule has 146 valence electrons. The van der Waals surface area contributed by atoms with Crippen molar-refractivity contribution < 1.29 is 9.50 Å². The fourth-order valence-corrected chi connectivity index (χ4v) is 2.64. The summed E-state index contributed by atoms with van der Waals surface area (Å²) in [4.78, 5) is 0. The third kappa shape index (κ3) is 7.62. The van der Waals surface area contributed by atoms with Gasteiger partial charge in [-0.15, -0.1) is 6.58 Å². The van der Waals surface area contributed by atoms with Gasteiger partial charge in [0.15, 0.2) is 0 Å². The summed E-state index contributed by atoms with van der Waals surface area (Å²) in [7, 11) is 0. The fourth-order valence-electron chi connectivity index (χ4n) is 2.64. The zero-order valence-corrected chi connectivity index (χ0v) is 16.2. The molecule has 0 heterocycles. The van der Waals surface area contributed by atoms with Crippen LogP contribution in [0.25, 0.3) is 5.57 Å². The van der Waals surface area contributed by atoms with Crippen molar-refractivity contribution in [2.45, 2.75) is 39.2 Å². The van der Waals surface area contributed by atoms with Crippen LogP contribution in [0.1, 0.15) is 37.3 Å². The van der Waals surface area contributed by atoms with E-state index in [9.17, 15) is 9.50 Å². The van der Waals surface area contributed by atoms with E-state index < -0.39 is 0 Å². The lowest BCUT2D eigenvalue weighted by molar-refractivity contribution is 0.161. The molecule has 1 unspecified atom stereocenters. The van der Waals surface area contributed by atoms with Crippen LogP contribution < -0.4 is 11.2 Å². The Labute approximate surface area is 161 Å². The highest BCUT2D eigenvalue weighted by molar-refractivity contribution is 5.87. The van der Waals surface area contributed by atoms with Crippen LogP contribution in [0, 0.1) is 12.7 Å². The van der Waals surface area contributed by atoms with Gasteiger partial charge in [-0.05, 0) is 61.1 Å². The van der Waals surface area contributed by atoms with Gasteiger partial charge in [0.05, 0.1) is 12.3 Å². The summed E-state index contributed by atoms with van der Waals surface area (Å²) in [5, 5.41) is 16.4. The Hall–Kier alpha value is -2.66. The number of hydrogen-bond acceptors (Lipinski definition) is 4. The van der Waals surface area contributed by atoms with Gasteiger partial charge in [-0.3, -0.25) is 0 Å². The maximum Gasteiger partial charge on any atom is 0.131 e. The molecule has 1 aromatic rings. The van der Waals surface area contributed by atoms with E-state index in [1.165, 1.54) is 12.3 Å². The lowest BCUT2D eigenvalue weighted by Crippen LogP contribution is -2.18. The zero-order valence-electron chi connectivity index (χ0n) is 16.2. The van der Waals surface area contributed by atoms with E-state index in [4.69, 9.17) is 5.84 Å². The van der Waals surface area contributed by atoms with E-state index in [0.717, 1.165) is 11.1 Å². The minimum atomic E-state index is -0.345. The van der Waals surface area contributed by atoms with Gasteiger partial charge in [0.1, 0.15) is 5.82 Å². The molecule has 0 aliphatic rings. The summed E-state index contributed by atoms with van der Waals surface area (Å²) in [6, 6.07) is 4.97. The molecule has 0 amide bonds. The van der Waals surface area contributed by atoms with Crippen molar-refractivity contribution in [3.8, 4) is 0 Å². The van der Waals surface area contributed by atoms with Crippen LogP contribution in [-0.2, 0) is 0 Å². The van der Waals surface area contributed by atoms with Gasteiger partial charge in [-0.1, -0.05) is 31.7 Å². The van der Waals surface area contributed by atoms with E-state index in [1.54, 1.807) is 18.2 Å². The van der Waals surface area contributed by atoms with E-state index in [1.807, 2.05) is 26.0 Å². The summed E-state index contributed by atoms with van der Waals surface area (Å²) >= 11 is 0. The predicted molar refractivity (Wildman–Crippen MR) is 113 cm³/mol. The third-order valence-electron chi connectivity index (χ3n) is 4.10.